The standard InChI is InChI=1S/C35H39FN2O4/c1-23(2)32-31(34(40)37-27-13-9-6-10-14-27)30(24-11-7-5-8-12-24)33(25-15-17-26(36)18-16-25)38(32)20-19-28-21-29(22-39)42-35(3,4)41-28/h5-18,23,28-29,39H,19-22H2,1-4H3,(H,37,40)/t28?,29-/m1/s1. The van der Waals surface area contributed by atoms with Gasteiger partial charge >= 0.3 is 0 Å². The number of aromatic nitrogens is 1. The first-order valence-electron chi connectivity index (χ1n) is 14.6. The molecule has 6 nitrogen and oxygen atoms in total. The van der Waals surface area contributed by atoms with Crippen LogP contribution >= 0.6 is 0 Å². The Bertz CT molecular complexity index is 1500. The number of benzene rings is 3. The Morgan fingerprint density at radius 2 is 1.57 bits per heavy atom. The van der Waals surface area contributed by atoms with E-state index in [0.717, 1.165) is 28.1 Å². The second-order valence-corrected chi connectivity index (χ2v) is 11.6. The van der Waals surface area contributed by atoms with Gasteiger partial charge in [-0.3, -0.25) is 4.79 Å². The number of hydrogen-bond donors (Lipinski definition) is 2. The zero-order valence-electron chi connectivity index (χ0n) is 24.6. The number of carbonyl (C=O) groups is 1. The normalized spacial score (nSPS) is 18.3. The van der Waals surface area contributed by atoms with E-state index in [1.807, 2.05) is 74.5 Å². The smallest absolute Gasteiger partial charge is 0.258 e. The number of rotatable bonds is 9. The first-order valence-corrected chi connectivity index (χ1v) is 14.6. The number of hydrogen-bond acceptors (Lipinski definition) is 4. The van der Waals surface area contributed by atoms with Gasteiger partial charge in [0.2, 0.25) is 0 Å². The van der Waals surface area contributed by atoms with Gasteiger partial charge in [0.1, 0.15) is 5.82 Å². The molecule has 2 N–H and O–H groups in total. The molecule has 7 heteroatoms. The zero-order valence-corrected chi connectivity index (χ0v) is 24.6. The maximum Gasteiger partial charge on any atom is 0.258 e. The van der Waals surface area contributed by atoms with Crippen molar-refractivity contribution >= 4 is 11.6 Å². The van der Waals surface area contributed by atoms with Gasteiger partial charge in [0.25, 0.3) is 5.91 Å². The van der Waals surface area contributed by atoms with Crippen molar-refractivity contribution in [3.8, 4) is 22.4 Å². The molecule has 1 amide bonds. The van der Waals surface area contributed by atoms with Crippen LogP contribution in [-0.4, -0.2) is 40.2 Å². The molecule has 0 radical (unpaired) electrons. The van der Waals surface area contributed by atoms with E-state index in [-0.39, 0.29) is 36.5 Å². The monoisotopic (exact) mass is 570 g/mol. The Morgan fingerprint density at radius 1 is 0.952 bits per heavy atom. The summed E-state index contributed by atoms with van der Waals surface area (Å²) >= 11 is 0. The predicted molar refractivity (Wildman–Crippen MR) is 164 cm³/mol. The number of ether oxygens (including phenoxy) is 2. The third-order valence-electron chi connectivity index (χ3n) is 7.59. The van der Waals surface area contributed by atoms with Crippen molar-refractivity contribution in [3.63, 3.8) is 0 Å². The average molecular weight is 571 g/mol. The molecule has 1 saturated heterocycles. The second kappa shape index (κ2) is 12.6. The van der Waals surface area contributed by atoms with E-state index in [9.17, 15) is 14.3 Å². The molecule has 1 unspecified atom stereocenters. The lowest BCUT2D eigenvalue weighted by Crippen LogP contribution is -2.46. The van der Waals surface area contributed by atoms with Crippen LogP contribution in [0.15, 0.2) is 84.9 Å². The van der Waals surface area contributed by atoms with Gasteiger partial charge in [0, 0.05) is 29.9 Å². The second-order valence-electron chi connectivity index (χ2n) is 11.6. The quantitative estimate of drug-likeness (QED) is 0.217. The fraction of sp³-hybridized carbons (Fsp3) is 0.343. The zero-order chi connectivity index (χ0) is 29.9. The SMILES string of the molecule is CC(C)c1c(C(=O)Nc2ccccc2)c(-c2ccccc2)c(-c2ccc(F)cc2)n1CCC1C[C@H](CO)OC(C)(C)O1. The maximum absolute atomic E-state index is 14.2. The van der Waals surface area contributed by atoms with Gasteiger partial charge in [-0.2, -0.15) is 0 Å². The third kappa shape index (κ3) is 6.49. The van der Waals surface area contributed by atoms with Crippen molar-refractivity contribution in [2.75, 3.05) is 11.9 Å². The van der Waals surface area contributed by atoms with Gasteiger partial charge in [-0.15, -0.1) is 0 Å². The first-order chi connectivity index (χ1) is 20.2. The van der Waals surface area contributed by atoms with E-state index in [1.54, 1.807) is 12.1 Å². The Labute approximate surface area is 247 Å². The minimum atomic E-state index is -0.816. The number of carbonyl (C=O) groups excluding carboxylic acids is 1. The molecule has 1 fully saturated rings. The molecule has 0 bridgehead atoms. The molecular formula is C35H39FN2O4. The van der Waals surface area contributed by atoms with Crippen LogP contribution in [0.2, 0.25) is 0 Å². The molecule has 2 atom stereocenters. The summed E-state index contributed by atoms with van der Waals surface area (Å²) in [4.78, 5) is 14.2. The molecular weight excluding hydrogens is 531 g/mol. The number of nitrogens with zero attached hydrogens (tertiary/aromatic N) is 1. The highest BCUT2D eigenvalue weighted by molar-refractivity contribution is 6.12. The fourth-order valence-electron chi connectivity index (χ4n) is 5.99. The molecule has 5 rings (SSSR count). The summed E-state index contributed by atoms with van der Waals surface area (Å²) in [6.07, 6.45) is 0.740. The lowest BCUT2D eigenvalue weighted by Gasteiger charge is -2.40. The Hall–Kier alpha value is -3.78. The van der Waals surface area contributed by atoms with E-state index < -0.39 is 5.79 Å². The van der Waals surface area contributed by atoms with E-state index in [0.29, 0.717) is 30.6 Å². The number of aliphatic hydroxyl groups excluding tert-OH is 1. The van der Waals surface area contributed by atoms with Gasteiger partial charge in [0.15, 0.2) is 5.79 Å². The highest BCUT2D eigenvalue weighted by Gasteiger charge is 2.36. The van der Waals surface area contributed by atoms with Gasteiger partial charge < -0.3 is 24.5 Å². The van der Waals surface area contributed by atoms with Crippen molar-refractivity contribution in [2.45, 2.75) is 71.0 Å². The van der Waals surface area contributed by atoms with Gasteiger partial charge in [-0.05, 0) is 73.7 Å². The lowest BCUT2D eigenvalue weighted by atomic mass is 9.94. The van der Waals surface area contributed by atoms with E-state index >= 15 is 0 Å². The van der Waals surface area contributed by atoms with Crippen LogP contribution in [0.1, 0.15) is 62.5 Å². The summed E-state index contributed by atoms with van der Waals surface area (Å²) in [6, 6.07) is 25.8. The summed E-state index contributed by atoms with van der Waals surface area (Å²) in [5.41, 5.74) is 5.58. The lowest BCUT2D eigenvalue weighted by molar-refractivity contribution is -0.304. The highest BCUT2D eigenvalue weighted by Crippen LogP contribution is 2.43. The van der Waals surface area contributed by atoms with Crippen LogP contribution in [0.25, 0.3) is 22.4 Å². The van der Waals surface area contributed by atoms with Crippen LogP contribution in [0.4, 0.5) is 10.1 Å². The molecule has 0 saturated carbocycles. The van der Waals surface area contributed by atoms with Crippen molar-refractivity contribution in [3.05, 3.63) is 102 Å². The van der Waals surface area contributed by atoms with Crippen LogP contribution in [0.5, 0.6) is 0 Å². The van der Waals surface area contributed by atoms with E-state index in [1.165, 1.54) is 12.1 Å². The molecule has 0 aliphatic carbocycles. The first kappa shape index (κ1) is 29.7. The van der Waals surface area contributed by atoms with Crippen molar-refractivity contribution in [2.24, 2.45) is 0 Å². The summed E-state index contributed by atoms with van der Waals surface area (Å²) in [5, 5.41) is 13.0. The minimum absolute atomic E-state index is 0.00424. The van der Waals surface area contributed by atoms with Crippen molar-refractivity contribution < 1.29 is 23.8 Å². The van der Waals surface area contributed by atoms with E-state index in [4.69, 9.17) is 9.47 Å². The Kier molecular flexibility index (Phi) is 8.92. The molecule has 4 aromatic rings. The molecule has 3 aromatic carbocycles. The molecule has 220 valence electrons. The number of halogens is 1. The molecule has 1 aromatic heterocycles. The Morgan fingerprint density at radius 3 is 2.19 bits per heavy atom. The summed E-state index contributed by atoms with van der Waals surface area (Å²) in [7, 11) is 0. The van der Waals surface area contributed by atoms with E-state index in [2.05, 4.69) is 23.7 Å². The summed E-state index contributed by atoms with van der Waals surface area (Å²) in [5.74, 6) is -1.34. The molecule has 2 heterocycles. The average Bonchev–Trinajstić information content (AvgIpc) is 3.32. The van der Waals surface area contributed by atoms with Crippen LogP contribution in [0.3, 0.4) is 0 Å². The summed E-state index contributed by atoms with van der Waals surface area (Å²) in [6.45, 7) is 8.37. The minimum Gasteiger partial charge on any atom is -0.394 e. The van der Waals surface area contributed by atoms with Crippen LogP contribution in [-0.2, 0) is 16.0 Å². The van der Waals surface area contributed by atoms with Crippen LogP contribution in [0, 0.1) is 5.82 Å². The maximum atomic E-state index is 14.2. The van der Waals surface area contributed by atoms with Crippen molar-refractivity contribution in [1.82, 2.24) is 4.57 Å². The fourth-order valence-corrected chi connectivity index (χ4v) is 5.99. The van der Waals surface area contributed by atoms with Crippen molar-refractivity contribution in [1.29, 1.82) is 0 Å². The molecule has 1 aliphatic rings. The molecule has 0 spiro atoms. The molecule has 42 heavy (non-hydrogen) atoms. The number of nitrogens with one attached hydrogen (secondary N) is 1. The number of amides is 1. The summed E-state index contributed by atoms with van der Waals surface area (Å²) < 4.78 is 28.5. The third-order valence-corrected chi connectivity index (χ3v) is 7.59. The van der Waals surface area contributed by atoms with Gasteiger partial charge in [0.05, 0.1) is 30.1 Å². The largest absolute Gasteiger partial charge is 0.394 e. The number of para-hydroxylation sites is 1. The molecule has 1 aliphatic heterocycles. The predicted octanol–water partition coefficient (Wildman–Crippen LogP) is 7.63. The number of anilines is 1. The van der Waals surface area contributed by atoms with Crippen LogP contribution < -0.4 is 5.32 Å². The Balaban J connectivity index is 1.69. The van der Waals surface area contributed by atoms with Gasteiger partial charge in [-0.1, -0.05) is 62.4 Å². The number of aliphatic hydroxyl groups is 1. The topological polar surface area (TPSA) is 72.7 Å². The highest BCUT2D eigenvalue weighted by atomic mass is 19.1. The van der Waals surface area contributed by atoms with Gasteiger partial charge in [-0.25, -0.2) is 4.39 Å².